The number of aromatic amines is 1. The van der Waals surface area contributed by atoms with Gasteiger partial charge in [0.15, 0.2) is 20.5 Å². The molecular formula is C7H6IN3O2S. The maximum absolute atomic E-state index is 11.2. The summed E-state index contributed by atoms with van der Waals surface area (Å²) in [5, 5.41) is 7.48. The van der Waals surface area contributed by atoms with Gasteiger partial charge in [0.1, 0.15) is 3.70 Å². The molecule has 0 aliphatic heterocycles. The molecule has 5 nitrogen and oxygen atoms in total. The number of fused-ring (bicyclic) bond motifs is 1. The van der Waals surface area contributed by atoms with E-state index in [2.05, 4.69) is 37.8 Å². The van der Waals surface area contributed by atoms with E-state index >= 15 is 0 Å². The Hall–Kier alpha value is -0.700. The highest BCUT2D eigenvalue weighted by Crippen LogP contribution is 2.17. The molecule has 0 radical (unpaired) electrons. The lowest BCUT2D eigenvalue weighted by Crippen LogP contribution is -1.99. The summed E-state index contributed by atoms with van der Waals surface area (Å²) in [4.78, 5) is 3.96. The molecule has 1 N–H and O–H groups in total. The molecule has 0 spiro atoms. The Balaban J connectivity index is 2.76. The number of H-pyrrole nitrogens is 1. The van der Waals surface area contributed by atoms with Gasteiger partial charge < -0.3 is 0 Å². The average Bonchev–Trinajstić information content (AvgIpc) is 2.46. The molecule has 7 heteroatoms. The zero-order chi connectivity index (χ0) is 10.3. The monoisotopic (exact) mass is 323 g/mol. The Bertz CT molecular complexity index is 590. The molecule has 74 valence electrons. The third kappa shape index (κ3) is 1.61. The maximum Gasteiger partial charge on any atom is 0.192 e. The molecular weight excluding hydrogens is 317 g/mol. The van der Waals surface area contributed by atoms with Gasteiger partial charge in [-0.3, -0.25) is 5.10 Å². The first kappa shape index (κ1) is 9.84. The van der Waals surface area contributed by atoms with Crippen molar-refractivity contribution >= 4 is 43.5 Å². The van der Waals surface area contributed by atoms with E-state index in [9.17, 15) is 8.42 Å². The van der Waals surface area contributed by atoms with Crippen LogP contribution in [0.15, 0.2) is 17.2 Å². The van der Waals surface area contributed by atoms with E-state index in [0.29, 0.717) is 5.65 Å². The largest absolute Gasteiger partial charge is 0.260 e. The van der Waals surface area contributed by atoms with Gasteiger partial charge >= 0.3 is 0 Å². The lowest BCUT2D eigenvalue weighted by Gasteiger charge is -1.95. The third-order valence-electron chi connectivity index (χ3n) is 1.73. The standard InChI is InChI=1S/C7H6IN3O2S/c1-14(12,13)5-3-2-4-6(8)10-11-7(4)9-5/h2-3H,1H3,(H,9,10,11). The van der Waals surface area contributed by atoms with Gasteiger partial charge in [0, 0.05) is 6.26 Å². The lowest BCUT2D eigenvalue weighted by atomic mass is 10.4. The van der Waals surface area contributed by atoms with Gasteiger partial charge in [0.05, 0.1) is 5.39 Å². The third-order valence-corrected chi connectivity index (χ3v) is 3.54. The van der Waals surface area contributed by atoms with E-state index in [1.54, 1.807) is 6.07 Å². The number of hydrogen-bond donors (Lipinski definition) is 1. The summed E-state index contributed by atoms with van der Waals surface area (Å²) in [5.74, 6) is 0. The Morgan fingerprint density at radius 2 is 2.14 bits per heavy atom. The minimum Gasteiger partial charge on any atom is -0.260 e. The molecule has 2 aromatic heterocycles. The van der Waals surface area contributed by atoms with Crippen LogP contribution in [0.25, 0.3) is 11.0 Å². The van der Waals surface area contributed by atoms with Crippen molar-refractivity contribution in [1.29, 1.82) is 0 Å². The van der Waals surface area contributed by atoms with Crippen LogP contribution in [0.3, 0.4) is 0 Å². The first-order valence-corrected chi connectivity index (χ1v) is 6.66. The highest BCUT2D eigenvalue weighted by molar-refractivity contribution is 14.1. The van der Waals surface area contributed by atoms with Gasteiger partial charge in [-0.1, -0.05) is 0 Å². The minimum atomic E-state index is -3.25. The molecule has 0 unspecified atom stereocenters. The van der Waals surface area contributed by atoms with Gasteiger partial charge in [-0.25, -0.2) is 13.4 Å². The van der Waals surface area contributed by atoms with E-state index in [1.807, 2.05) is 0 Å². The zero-order valence-corrected chi connectivity index (χ0v) is 10.1. The molecule has 0 fully saturated rings. The number of rotatable bonds is 1. The van der Waals surface area contributed by atoms with Crippen molar-refractivity contribution in [2.24, 2.45) is 0 Å². The van der Waals surface area contributed by atoms with E-state index in [-0.39, 0.29) is 5.03 Å². The predicted molar refractivity (Wildman–Crippen MR) is 59.7 cm³/mol. The Labute approximate surface area is 94.0 Å². The lowest BCUT2D eigenvalue weighted by molar-refractivity contribution is 0.598. The van der Waals surface area contributed by atoms with Crippen molar-refractivity contribution in [3.05, 3.63) is 15.8 Å². The van der Waals surface area contributed by atoms with Gasteiger partial charge in [0.25, 0.3) is 0 Å². The van der Waals surface area contributed by atoms with Gasteiger partial charge in [-0.2, -0.15) is 5.10 Å². The van der Waals surface area contributed by atoms with E-state index in [1.165, 1.54) is 6.07 Å². The zero-order valence-electron chi connectivity index (χ0n) is 7.15. The Kier molecular flexibility index (Phi) is 2.22. The van der Waals surface area contributed by atoms with Crippen molar-refractivity contribution in [1.82, 2.24) is 15.2 Å². The first-order valence-electron chi connectivity index (χ1n) is 3.69. The van der Waals surface area contributed by atoms with E-state index in [4.69, 9.17) is 0 Å². The fraction of sp³-hybridized carbons (Fsp3) is 0.143. The molecule has 0 aliphatic carbocycles. The van der Waals surface area contributed by atoms with Crippen LogP contribution in [0.2, 0.25) is 0 Å². The highest BCUT2D eigenvalue weighted by Gasteiger charge is 2.11. The van der Waals surface area contributed by atoms with Crippen molar-refractivity contribution in [3.8, 4) is 0 Å². The number of aromatic nitrogens is 3. The molecule has 0 saturated carbocycles. The fourth-order valence-electron chi connectivity index (χ4n) is 1.06. The van der Waals surface area contributed by atoms with Crippen LogP contribution >= 0.6 is 22.6 Å². The summed E-state index contributed by atoms with van der Waals surface area (Å²) < 4.78 is 23.2. The van der Waals surface area contributed by atoms with Crippen LogP contribution in [0.1, 0.15) is 0 Å². The van der Waals surface area contributed by atoms with Gasteiger partial charge in [0.2, 0.25) is 0 Å². The van der Waals surface area contributed by atoms with Crippen molar-refractivity contribution in [2.45, 2.75) is 5.03 Å². The van der Waals surface area contributed by atoms with Crippen LogP contribution in [0.4, 0.5) is 0 Å². The molecule has 0 bridgehead atoms. The summed E-state index contributed by atoms with van der Waals surface area (Å²) >= 11 is 2.05. The van der Waals surface area contributed by atoms with Crippen LogP contribution in [0, 0.1) is 3.70 Å². The molecule has 0 aliphatic rings. The number of halogens is 1. The Morgan fingerprint density at radius 3 is 2.79 bits per heavy atom. The molecule has 2 aromatic rings. The SMILES string of the molecule is CS(=O)(=O)c1ccc2c(I)n[nH]c2n1. The summed E-state index contributed by atoms with van der Waals surface area (Å²) in [7, 11) is -3.25. The van der Waals surface area contributed by atoms with E-state index < -0.39 is 9.84 Å². The predicted octanol–water partition coefficient (Wildman–Crippen LogP) is 0.966. The minimum absolute atomic E-state index is 0.0602. The number of pyridine rings is 1. The summed E-state index contributed by atoms with van der Waals surface area (Å²) in [5.41, 5.74) is 0.498. The van der Waals surface area contributed by atoms with Crippen LogP contribution < -0.4 is 0 Å². The molecule has 2 heterocycles. The van der Waals surface area contributed by atoms with Gasteiger partial charge in [-0.05, 0) is 34.7 Å². The van der Waals surface area contributed by atoms with Crippen molar-refractivity contribution < 1.29 is 8.42 Å². The number of nitrogens with one attached hydrogen (secondary N) is 1. The molecule has 2 rings (SSSR count). The number of hydrogen-bond acceptors (Lipinski definition) is 4. The quantitative estimate of drug-likeness (QED) is 0.794. The van der Waals surface area contributed by atoms with Gasteiger partial charge in [-0.15, -0.1) is 0 Å². The van der Waals surface area contributed by atoms with Crippen LogP contribution in [-0.4, -0.2) is 29.9 Å². The molecule has 14 heavy (non-hydrogen) atoms. The highest BCUT2D eigenvalue weighted by atomic mass is 127. The molecule has 0 aromatic carbocycles. The second kappa shape index (κ2) is 3.16. The summed E-state index contributed by atoms with van der Waals surface area (Å²) in [6, 6.07) is 3.18. The molecule has 0 atom stereocenters. The smallest absolute Gasteiger partial charge is 0.192 e. The molecule has 0 amide bonds. The average molecular weight is 323 g/mol. The molecule has 0 saturated heterocycles. The second-order valence-electron chi connectivity index (χ2n) is 2.83. The number of sulfone groups is 1. The maximum atomic E-state index is 11.2. The number of nitrogens with zero attached hydrogens (tertiary/aromatic N) is 2. The second-order valence-corrected chi connectivity index (χ2v) is 5.82. The Morgan fingerprint density at radius 1 is 1.43 bits per heavy atom. The van der Waals surface area contributed by atoms with Crippen molar-refractivity contribution in [2.75, 3.05) is 6.26 Å². The van der Waals surface area contributed by atoms with Crippen LogP contribution in [-0.2, 0) is 9.84 Å². The fourth-order valence-corrected chi connectivity index (χ4v) is 2.19. The topological polar surface area (TPSA) is 75.7 Å². The first-order chi connectivity index (χ1) is 6.48. The normalized spacial score (nSPS) is 12.1. The van der Waals surface area contributed by atoms with Crippen molar-refractivity contribution in [3.63, 3.8) is 0 Å². The van der Waals surface area contributed by atoms with E-state index in [0.717, 1.165) is 15.3 Å². The summed E-state index contributed by atoms with van der Waals surface area (Å²) in [6.07, 6.45) is 1.13. The summed E-state index contributed by atoms with van der Waals surface area (Å²) in [6.45, 7) is 0. The van der Waals surface area contributed by atoms with Crippen LogP contribution in [0.5, 0.6) is 0 Å².